The van der Waals surface area contributed by atoms with Gasteiger partial charge in [0.15, 0.2) is 0 Å². The van der Waals surface area contributed by atoms with Crippen LogP contribution in [0.25, 0.3) is 11.1 Å². The molecule has 1 saturated heterocycles. The summed E-state index contributed by atoms with van der Waals surface area (Å²) in [6.07, 6.45) is 4.19. The number of anilines is 1. The Labute approximate surface area is 199 Å². The predicted molar refractivity (Wildman–Crippen MR) is 127 cm³/mol. The minimum absolute atomic E-state index is 0.0316. The molecule has 7 nitrogen and oxygen atoms in total. The molecule has 32 heavy (non-hydrogen) atoms. The zero-order chi connectivity index (χ0) is 22.1. The summed E-state index contributed by atoms with van der Waals surface area (Å²) in [6.45, 7) is 2.57. The Morgan fingerprint density at radius 2 is 2.16 bits per heavy atom. The van der Waals surface area contributed by atoms with Gasteiger partial charge in [-0.25, -0.2) is 19.7 Å². The van der Waals surface area contributed by atoms with Gasteiger partial charge < -0.3 is 15.5 Å². The van der Waals surface area contributed by atoms with Gasteiger partial charge in [-0.15, -0.1) is 11.8 Å². The number of benzene rings is 1. The Hall–Kier alpha value is -2.55. The molecule has 5 rings (SSSR count). The van der Waals surface area contributed by atoms with Crippen molar-refractivity contribution in [3.8, 4) is 11.1 Å². The highest BCUT2D eigenvalue weighted by atomic mass is 35.5. The number of urea groups is 1. The van der Waals surface area contributed by atoms with Crippen molar-refractivity contribution in [3.05, 3.63) is 64.2 Å². The first kappa shape index (κ1) is 21.3. The molecule has 0 aliphatic carbocycles. The quantitative estimate of drug-likeness (QED) is 0.492. The average molecular weight is 487 g/mol. The second-order valence-electron chi connectivity index (χ2n) is 7.54. The highest BCUT2D eigenvalue weighted by molar-refractivity contribution is 8.00. The second-order valence-corrected chi connectivity index (χ2v) is 9.55. The normalized spacial score (nSPS) is 17.4. The van der Waals surface area contributed by atoms with Crippen molar-refractivity contribution >= 4 is 46.9 Å². The van der Waals surface area contributed by atoms with E-state index in [0.717, 1.165) is 29.8 Å². The number of pyridine rings is 1. The molecule has 1 aromatic carbocycles. The smallest absolute Gasteiger partial charge is 0.317 e. The summed E-state index contributed by atoms with van der Waals surface area (Å²) in [5.41, 5.74) is 4.24. The van der Waals surface area contributed by atoms with Crippen molar-refractivity contribution in [1.82, 2.24) is 25.2 Å². The van der Waals surface area contributed by atoms with Gasteiger partial charge in [-0.1, -0.05) is 41.4 Å². The number of fused-ring (bicyclic) bond motifs is 1. The van der Waals surface area contributed by atoms with E-state index in [1.165, 1.54) is 10.5 Å². The van der Waals surface area contributed by atoms with Gasteiger partial charge in [0.1, 0.15) is 5.15 Å². The van der Waals surface area contributed by atoms with Crippen molar-refractivity contribution in [3.63, 3.8) is 0 Å². The van der Waals surface area contributed by atoms with Crippen molar-refractivity contribution in [2.24, 2.45) is 0 Å². The van der Waals surface area contributed by atoms with Crippen LogP contribution in [0.3, 0.4) is 0 Å². The third-order valence-corrected chi connectivity index (χ3v) is 7.38. The van der Waals surface area contributed by atoms with Gasteiger partial charge >= 0.3 is 6.03 Å². The summed E-state index contributed by atoms with van der Waals surface area (Å²) in [5, 5.41) is 7.12. The summed E-state index contributed by atoms with van der Waals surface area (Å²) >= 11 is 14.4. The molecule has 1 atom stereocenters. The first-order valence-corrected chi connectivity index (χ1v) is 11.9. The molecule has 3 aromatic rings. The fraction of sp³-hybridized carbons (Fsp3) is 0.273. The number of halogens is 2. The molecular weight excluding hydrogens is 467 g/mol. The molecule has 0 radical (unpaired) electrons. The van der Waals surface area contributed by atoms with Crippen LogP contribution in [0.4, 0.5) is 10.7 Å². The molecule has 2 amide bonds. The maximum absolute atomic E-state index is 11.7. The summed E-state index contributed by atoms with van der Waals surface area (Å²) < 4.78 is 0. The van der Waals surface area contributed by atoms with E-state index in [-0.39, 0.29) is 11.3 Å². The van der Waals surface area contributed by atoms with Gasteiger partial charge in [-0.05, 0) is 35.2 Å². The number of aromatic nitrogens is 3. The van der Waals surface area contributed by atoms with Crippen LogP contribution < -0.4 is 10.6 Å². The topological polar surface area (TPSA) is 83.0 Å². The van der Waals surface area contributed by atoms with Crippen LogP contribution >= 0.6 is 35.0 Å². The SMILES string of the molecule is O=C1NCCN1CCNc1ncc(Cl)c(C2Cc3cccc(-c4ccnc(Cl)c4)c3S2)n1. The number of hydrogen-bond donors (Lipinski definition) is 2. The molecule has 0 bridgehead atoms. The lowest BCUT2D eigenvalue weighted by Gasteiger charge is -2.15. The molecule has 4 heterocycles. The molecule has 10 heteroatoms. The summed E-state index contributed by atoms with van der Waals surface area (Å²) in [6, 6.07) is 10.1. The van der Waals surface area contributed by atoms with Crippen LogP contribution in [-0.4, -0.2) is 52.1 Å². The maximum atomic E-state index is 11.7. The molecule has 2 aliphatic heterocycles. The van der Waals surface area contributed by atoms with E-state index in [1.807, 2.05) is 12.1 Å². The molecule has 1 unspecified atom stereocenters. The zero-order valence-electron chi connectivity index (χ0n) is 17.0. The van der Waals surface area contributed by atoms with E-state index in [2.05, 4.69) is 38.8 Å². The molecule has 164 valence electrons. The van der Waals surface area contributed by atoms with E-state index in [1.54, 1.807) is 29.1 Å². The van der Waals surface area contributed by atoms with Crippen LogP contribution in [0, 0.1) is 0 Å². The number of nitrogens with one attached hydrogen (secondary N) is 2. The fourth-order valence-corrected chi connectivity index (χ4v) is 5.85. The van der Waals surface area contributed by atoms with Gasteiger partial charge in [-0.3, -0.25) is 0 Å². The third kappa shape index (κ3) is 4.35. The van der Waals surface area contributed by atoms with Crippen molar-refractivity contribution in [2.45, 2.75) is 16.6 Å². The second kappa shape index (κ2) is 9.13. The molecule has 1 fully saturated rings. The van der Waals surface area contributed by atoms with Crippen LogP contribution in [-0.2, 0) is 6.42 Å². The minimum atomic E-state index is -0.0316. The van der Waals surface area contributed by atoms with E-state index >= 15 is 0 Å². The number of thioether (sulfide) groups is 1. The first-order chi connectivity index (χ1) is 15.6. The first-order valence-electron chi connectivity index (χ1n) is 10.3. The lowest BCUT2D eigenvalue weighted by Crippen LogP contribution is -2.32. The average Bonchev–Trinajstić information content (AvgIpc) is 3.40. The van der Waals surface area contributed by atoms with Crippen LogP contribution in [0.2, 0.25) is 10.2 Å². The number of amides is 2. The molecular formula is C22H20Cl2N6OS. The lowest BCUT2D eigenvalue weighted by molar-refractivity contribution is 0.219. The number of rotatable bonds is 6. The maximum Gasteiger partial charge on any atom is 0.317 e. The zero-order valence-corrected chi connectivity index (χ0v) is 19.3. The van der Waals surface area contributed by atoms with Crippen molar-refractivity contribution in [2.75, 3.05) is 31.5 Å². The molecule has 0 spiro atoms. The minimum Gasteiger partial charge on any atom is -0.352 e. The summed E-state index contributed by atoms with van der Waals surface area (Å²) in [5.74, 6) is 0.515. The van der Waals surface area contributed by atoms with Gasteiger partial charge in [-0.2, -0.15) is 0 Å². The van der Waals surface area contributed by atoms with Gasteiger partial charge in [0.05, 0.1) is 22.2 Å². The van der Waals surface area contributed by atoms with E-state index in [4.69, 9.17) is 28.2 Å². The van der Waals surface area contributed by atoms with Crippen molar-refractivity contribution < 1.29 is 4.79 Å². The molecule has 2 aromatic heterocycles. The highest BCUT2D eigenvalue weighted by Gasteiger charge is 2.29. The summed E-state index contributed by atoms with van der Waals surface area (Å²) in [7, 11) is 0. The molecule has 0 saturated carbocycles. The van der Waals surface area contributed by atoms with Crippen LogP contribution in [0.5, 0.6) is 0 Å². The number of nitrogens with zero attached hydrogens (tertiary/aromatic N) is 4. The highest BCUT2D eigenvalue weighted by Crippen LogP contribution is 2.51. The van der Waals surface area contributed by atoms with E-state index in [9.17, 15) is 4.79 Å². The monoisotopic (exact) mass is 486 g/mol. The number of carbonyl (C=O) groups excluding carboxylic acids is 1. The largest absolute Gasteiger partial charge is 0.352 e. The van der Waals surface area contributed by atoms with E-state index < -0.39 is 0 Å². The lowest BCUT2D eigenvalue weighted by atomic mass is 10.0. The van der Waals surface area contributed by atoms with Gasteiger partial charge in [0.25, 0.3) is 0 Å². The molecule has 2 aliphatic rings. The van der Waals surface area contributed by atoms with Gasteiger partial charge in [0, 0.05) is 37.3 Å². The Morgan fingerprint density at radius 3 is 2.97 bits per heavy atom. The predicted octanol–water partition coefficient (Wildman–Crippen LogP) is 4.67. The number of hydrogen-bond acceptors (Lipinski definition) is 6. The van der Waals surface area contributed by atoms with Crippen LogP contribution in [0.15, 0.2) is 47.6 Å². The fourth-order valence-electron chi connectivity index (χ4n) is 3.94. The standard InChI is InChI=1S/C22H20Cl2N6OS/c23-16-12-28-21(26-6-8-30-9-7-27-22(30)31)29-19(16)17-10-14-2-1-3-15(20(14)32-17)13-4-5-25-18(24)11-13/h1-5,11-12,17H,6-10H2,(H,27,31)(H,26,28,29). The van der Waals surface area contributed by atoms with E-state index in [0.29, 0.717) is 35.8 Å². The Bertz CT molecular complexity index is 1180. The number of carbonyl (C=O) groups is 1. The Balaban J connectivity index is 1.33. The third-order valence-electron chi connectivity index (χ3n) is 5.49. The Morgan fingerprint density at radius 1 is 1.25 bits per heavy atom. The summed E-state index contributed by atoms with van der Waals surface area (Å²) in [4.78, 5) is 27.8. The van der Waals surface area contributed by atoms with Gasteiger partial charge in [0.2, 0.25) is 5.95 Å². The van der Waals surface area contributed by atoms with Crippen LogP contribution in [0.1, 0.15) is 16.5 Å². The Kier molecular flexibility index (Phi) is 6.08. The van der Waals surface area contributed by atoms with Crippen molar-refractivity contribution in [1.29, 1.82) is 0 Å². The molecule has 2 N–H and O–H groups in total.